The molecule has 6 nitrogen and oxygen atoms in total. The molecule has 0 saturated carbocycles. The maximum absolute atomic E-state index is 12.3. The Morgan fingerprint density at radius 3 is 2.52 bits per heavy atom. The van der Waals surface area contributed by atoms with Gasteiger partial charge in [0.25, 0.3) is 0 Å². The minimum Gasteiger partial charge on any atom is -0.481 e. The van der Waals surface area contributed by atoms with E-state index in [1.54, 1.807) is 7.11 Å². The lowest BCUT2D eigenvalue weighted by molar-refractivity contribution is -0.146. The summed E-state index contributed by atoms with van der Waals surface area (Å²) in [6.07, 6.45) is 3.44. The number of hydrogen-bond acceptors (Lipinski definition) is 4. The van der Waals surface area contributed by atoms with Crippen molar-refractivity contribution in [1.82, 2.24) is 9.80 Å². The van der Waals surface area contributed by atoms with Crippen molar-refractivity contribution in [2.75, 3.05) is 46.4 Å². The van der Waals surface area contributed by atoms with Crippen LogP contribution in [0.4, 0.5) is 0 Å². The highest BCUT2D eigenvalue weighted by atomic mass is 16.5. The molecule has 2 saturated heterocycles. The van der Waals surface area contributed by atoms with E-state index in [0.717, 1.165) is 26.1 Å². The Hall–Kier alpha value is -1.14. The fraction of sp³-hybridized carbons (Fsp3) is 0.867. The molecule has 0 bridgehead atoms. The van der Waals surface area contributed by atoms with Crippen molar-refractivity contribution in [3.63, 3.8) is 0 Å². The average Bonchev–Trinajstić information content (AvgIpc) is 2.48. The van der Waals surface area contributed by atoms with Crippen LogP contribution in [0.3, 0.4) is 0 Å². The molecule has 0 aliphatic carbocycles. The summed E-state index contributed by atoms with van der Waals surface area (Å²) in [5.74, 6) is -0.359. The van der Waals surface area contributed by atoms with Gasteiger partial charge in [-0.25, -0.2) is 0 Å². The quantitative estimate of drug-likeness (QED) is 0.808. The third kappa shape index (κ3) is 4.68. The smallest absolute Gasteiger partial charge is 0.306 e. The largest absolute Gasteiger partial charge is 0.481 e. The zero-order chi connectivity index (χ0) is 15.2. The fourth-order valence-corrected chi connectivity index (χ4v) is 3.33. The molecular formula is C15H26N2O4. The second-order valence-electron chi connectivity index (χ2n) is 6.19. The summed E-state index contributed by atoms with van der Waals surface area (Å²) in [5.41, 5.74) is 0. The molecule has 0 aromatic carbocycles. The number of carbonyl (C=O) groups excluding carboxylic acids is 1. The first-order valence-corrected chi connectivity index (χ1v) is 7.82. The van der Waals surface area contributed by atoms with Crippen LogP contribution < -0.4 is 0 Å². The highest BCUT2D eigenvalue weighted by molar-refractivity contribution is 5.79. The summed E-state index contributed by atoms with van der Waals surface area (Å²) in [6, 6.07) is 0. The number of hydrogen-bond donors (Lipinski definition) is 1. The number of nitrogens with zero attached hydrogens (tertiary/aromatic N) is 2. The van der Waals surface area contributed by atoms with Gasteiger partial charge < -0.3 is 14.7 Å². The van der Waals surface area contributed by atoms with Crippen molar-refractivity contribution < 1.29 is 19.4 Å². The van der Waals surface area contributed by atoms with Crippen LogP contribution in [0.15, 0.2) is 0 Å². The first-order valence-electron chi connectivity index (χ1n) is 7.82. The molecule has 120 valence electrons. The number of aliphatic carboxylic acids is 1. The number of piperidine rings is 2. The molecular weight excluding hydrogens is 272 g/mol. The van der Waals surface area contributed by atoms with E-state index in [9.17, 15) is 9.59 Å². The molecule has 1 unspecified atom stereocenters. The Morgan fingerprint density at radius 2 is 1.90 bits per heavy atom. The maximum atomic E-state index is 12.3. The zero-order valence-corrected chi connectivity index (χ0v) is 12.8. The monoisotopic (exact) mass is 298 g/mol. The molecule has 1 N–H and O–H groups in total. The van der Waals surface area contributed by atoms with Crippen molar-refractivity contribution >= 4 is 11.9 Å². The highest BCUT2D eigenvalue weighted by Crippen LogP contribution is 2.19. The Kier molecular flexibility index (Phi) is 5.99. The number of carbonyl (C=O) groups is 2. The molecule has 2 rings (SSSR count). The number of carboxylic acid groups (broad SMARTS) is 1. The van der Waals surface area contributed by atoms with Crippen molar-refractivity contribution in [2.45, 2.75) is 25.7 Å². The van der Waals surface area contributed by atoms with Gasteiger partial charge in [-0.2, -0.15) is 0 Å². The molecule has 2 heterocycles. The second-order valence-corrected chi connectivity index (χ2v) is 6.19. The molecule has 2 aliphatic heterocycles. The fourth-order valence-electron chi connectivity index (χ4n) is 3.33. The normalized spacial score (nSPS) is 25.0. The molecule has 0 spiro atoms. The summed E-state index contributed by atoms with van der Waals surface area (Å²) in [5, 5.41) is 8.98. The minimum atomic E-state index is -0.736. The molecule has 0 aromatic heterocycles. The summed E-state index contributed by atoms with van der Waals surface area (Å²) in [6.45, 7) is 4.26. The molecule has 6 heteroatoms. The second kappa shape index (κ2) is 7.75. The number of carboxylic acids is 1. The summed E-state index contributed by atoms with van der Waals surface area (Å²) >= 11 is 0. The van der Waals surface area contributed by atoms with Crippen LogP contribution in [0.5, 0.6) is 0 Å². The van der Waals surface area contributed by atoms with Gasteiger partial charge in [0.2, 0.25) is 5.91 Å². The van der Waals surface area contributed by atoms with E-state index in [0.29, 0.717) is 38.4 Å². The molecule has 21 heavy (non-hydrogen) atoms. The predicted molar refractivity (Wildman–Crippen MR) is 78.0 cm³/mol. The van der Waals surface area contributed by atoms with Crippen LogP contribution in [-0.2, 0) is 14.3 Å². The lowest BCUT2D eigenvalue weighted by Crippen LogP contribution is -2.47. The molecule has 2 fully saturated rings. The van der Waals surface area contributed by atoms with Crippen LogP contribution in [0.25, 0.3) is 0 Å². The first-order chi connectivity index (χ1) is 10.1. The van der Waals surface area contributed by atoms with Gasteiger partial charge in [-0.1, -0.05) is 0 Å². The van der Waals surface area contributed by atoms with Gasteiger partial charge in [-0.05, 0) is 38.1 Å². The van der Waals surface area contributed by atoms with E-state index in [-0.39, 0.29) is 11.8 Å². The van der Waals surface area contributed by atoms with Crippen LogP contribution in [0.2, 0.25) is 0 Å². The number of methoxy groups -OCH3 is 1. The van der Waals surface area contributed by atoms with Gasteiger partial charge >= 0.3 is 5.97 Å². The van der Waals surface area contributed by atoms with Crippen molar-refractivity contribution in [2.24, 2.45) is 11.8 Å². The van der Waals surface area contributed by atoms with E-state index in [4.69, 9.17) is 9.84 Å². The average molecular weight is 298 g/mol. The third-order valence-corrected chi connectivity index (χ3v) is 4.56. The van der Waals surface area contributed by atoms with Crippen LogP contribution >= 0.6 is 0 Å². The van der Waals surface area contributed by atoms with Gasteiger partial charge in [-0.15, -0.1) is 0 Å². The van der Waals surface area contributed by atoms with Crippen molar-refractivity contribution in [1.29, 1.82) is 0 Å². The van der Waals surface area contributed by atoms with Crippen molar-refractivity contribution in [3.8, 4) is 0 Å². The van der Waals surface area contributed by atoms with Crippen LogP contribution in [0.1, 0.15) is 25.7 Å². The molecule has 1 amide bonds. The van der Waals surface area contributed by atoms with E-state index in [1.165, 1.54) is 6.42 Å². The van der Waals surface area contributed by atoms with E-state index >= 15 is 0 Å². The SMILES string of the molecule is COCC1CCCN(CC(=O)N2CCC(C(=O)O)CC2)C1. The zero-order valence-electron chi connectivity index (χ0n) is 12.8. The third-order valence-electron chi connectivity index (χ3n) is 4.56. The van der Waals surface area contributed by atoms with Crippen molar-refractivity contribution in [3.05, 3.63) is 0 Å². The lowest BCUT2D eigenvalue weighted by Gasteiger charge is -2.35. The number of amides is 1. The molecule has 2 aliphatic rings. The summed E-state index contributed by atoms with van der Waals surface area (Å²) in [7, 11) is 1.72. The van der Waals surface area contributed by atoms with Gasteiger partial charge in [0.1, 0.15) is 0 Å². The van der Waals surface area contributed by atoms with Crippen LogP contribution in [-0.4, -0.2) is 73.2 Å². The molecule has 1 atom stereocenters. The highest BCUT2D eigenvalue weighted by Gasteiger charge is 2.28. The summed E-state index contributed by atoms with van der Waals surface area (Å²) < 4.78 is 5.21. The number of rotatable bonds is 5. The summed E-state index contributed by atoms with van der Waals surface area (Å²) in [4.78, 5) is 27.3. The standard InChI is InChI=1S/C15H26N2O4/c1-21-11-12-3-2-6-16(9-12)10-14(18)17-7-4-13(5-8-17)15(19)20/h12-13H,2-11H2,1H3,(H,19,20). The maximum Gasteiger partial charge on any atom is 0.306 e. The Morgan fingerprint density at radius 1 is 1.19 bits per heavy atom. The first kappa shape index (κ1) is 16.2. The van der Waals surface area contributed by atoms with Gasteiger partial charge in [0, 0.05) is 26.7 Å². The van der Waals surface area contributed by atoms with Gasteiger partial charge in [0.05, 0.1) is 19.1 Å². The Labute approximate surface area is 126 Å². The molecule has 0 aromatic rings. The Bertz CT molecular complexity index is 365. The van der Waals surface area contributed by atoms with Gasteiger partial charge in [-0.3, -0.25) is 14.5 Å². The Balaban J connectivity index is 1.75. The number of likely N-dealkylation sites (tertiary alicyclic amines) is 2. The number of ether oxygens (including phenoxy) is 1. The molecule has 0 radical (unpaired) electrons. The predicted octanol–water partition coefficient (Wildman–Crippen LogP) is 0.668. The van der Waals surface area contributed by atoms with E-state index < -0.39 is 5.97 Å². The van der Waals surface area contributed by atoms with Crippen LogP contribution in [0, 0.1) is 11.8 Å². The van der Waals surface area contributed by atoms with E-state index in [1.807, 2.05) is 4.90 Å². The van der Waals surface area contributed by atoms with Gasteiger partial charge in [0.15, 0.2) is 0 Å². The lowest BCUT2D eigenvalue weighted by atomic mass is 9.97. The van der Waals surface area contributed by atoms with E-state index in [2.05, 4.69) is 4.90 Å². The topological polar surface area (TPSA) is 70.1 Å². The minimum absolute atomic E-state index is 0.136.